The summed E-state index contributed by atoms with van der Waals surface area (Å²) in [5, 5.41) is 11.7. The minimum Gasteiger partial charge on any atom is -0.480 e. The summed E-state index contributed by atoms with van der Waals surface area (Å²) in [5.74, 6) is -0.303. The van der Waals surface area contributed by atoms with E-state index in [1.165, 1.54) is 4.90 Å². The summed E-state index contributed by atoms with van der Waals surface area (Å²) in [6.45, 7) is 2.27. The molecule has 2 amide bonds. The van der Waals surface area contributed by atoms with Crippen molar-refractivity contribution in [1.82, 2.24) is 20.2 Å². The van der Waals surface area contributed by atoms with Crippen molar-refractivity contribution < 1.29 is 14.7 Å². The van der Waals surface area contributed by atoms with Gasteiger partial charge in [0.1, 0.15) is 11.9 Å². The van der Waals surface area contributed by atoms with E-state index in [1.54, 1.807) is 19.3 Å². The average Bonchev–Trinajstić information content (AvgIpc) is 3.00. The van der Waals surface area contributed by atoms with Crippen LogP contribution < -0.4 is 5.32 Å². The lowest BCUT2D eigenvalue weighted by atomic mass is 10.2. The van der Waals surface area contributed by atoms with Gasteiger partial charge in [0.25, 0.3) is 0 Å². The summed E-state index contributed by atoms with van der Waals surface area (Å²) >= 11 is 0. The number of aromatic amines is 1. The highest BCUT2D eigenvalue weighted by Gasteiger charge is 2.34. The van der Waals surface area contributed by atoms with Gasteiger partial charge in [-0.15, -0.1) is 0 Å². The van der Waals surface area contributed by atoms with Crippen LogP contribution in [0.25, 0.3) is 0 Å². The molecule has 2 heterocycles. The summed E-state index contributed by atoms with van der Waals surface area (Å²) in [5.41, 5.74) is 0. The lowest BCUT2D eigenvalue weighted by Crippen LogP contribution is -2.46. The summed E-state index contributed by atoms with van der Waals surface area (Å²) < 4.78 is 0. The van der Waals surface area contributed by atoms with E-state index in [4.69, 9.17) is 5.11 Å². The van der Waals surface area contributed by atoms with E-state index in [1.807, 2.05) is 0 Å². The molecule has 18 heavy (non-hydrogen) atoms. The van der Waals surface area contributed by atoms with Gasteiger partial charge < -0.3 is 20.3 Å². The molecular formula is C11H16N4O3. The fourth-order valence-electron chi connectivity index (χ4n) is 2.12. The van der Waals surface area contributed by atoms with Crippen molar-refractivity contribution in [3.63, 3.8) is 0 Å². The Morgan fingerprint density at radius 3 is 3.06 bits per heavy atom. The highest BCUT2D eigenvalue weighted by molar-refractivity contribution is 5.83. The van der Waals surface area contributed by atoms with Crippen LogP contribution in [0.3, 0.4) is 0 Å². The Morgan fingerprint density at radius 2 is 2.44 bits per heavy atom. The molecule has 1 aliphatic heterocycles. The molecule has 2 rings (SSSR count). The molecule has 1 saturated heterocycles. The van der Waals surface area contributed by atoms with E-state index in [9.17, 15) is 9.59 Å². The predicted octanol–water partition coefficient (Wildman–Crippen LogP) is 0.729. The molecule has 1 aromatic heterocycles. The van der Waals surface area contributed by atoms with Crippen molar-refractivity contribution in [1.29, 1.82) is 0 Å². The second-order valence-corrected chi connectivity index (χ2v) is 4.34. The third-order valence-electron chi connectivity index (χ3n) is 3.07. The van der Waals surface area contributed by atoms with Crippen LogP contribution in [0.4, 0.5) is 4.79 Å². The summed E-state index contributed by atoms with van der Waals surface area (Å²) in [7, 11) is 0. The van der Waals surface area contributed by atoms with E-state index in [-0.39, 0.29) is 12.1 Å². The van der Waals surface area contributed by atoms with Crippen molar-refractivity contribution in [3.8, 4) is 0 Å². The van der Waals surface area contributed by atoms with Crippen LogP contribution in [0.15, 0.2) is 12.4 Å². The lowest BCUT2D eigenvalue weighted by Gasteiger charge is -2.23. The third kappa shape index (κ3) is 2.44. The van der Waals surface area contributed by atoms with E-state index < -0.39 is 12.0 Å². The number of rotatable bonds is 3. The maximum Gasteiger partial charge on any atom is 0.326 e. The molecule has 0 bridgehead atoms. The van der Waals surface area contributed by atoms with Crippen molar-refractivity contribution in [2.45, 2.75) is 31.8 Å². The molecule has 1 unspecified atom stereocenters. The van der Waals surface area contributed by atoms with Gasteiger partial charge >= 0.3 is 12.0 Å². The van der Waals surface area contributed by atoms with Gasteiger partial charge in [-0.3, -0.25) is 0 Å². The molecule has 0 radical (unpaired) electrons. The largest absolute Gasteiger partial charge is 0.480 e. The predicted molar refractivity (Wildman–Crippen MR) is 62.9 cm³/mol. The number of H-pyrrole nitrogens is 1. The number of aromatic nitrogens is 2. The first-order valence-corrected chi connectivity index (χ1v) is 5.89. The van der Waals surface area contributed by atoms with Gasteiger partial charge in [-0.1, -0.05) is 0 Å². The molecule has 2 atom stereocenters. The zero-order chi connectivity index (χ0) is 13.1. The van der Waals surface area contributed by atoms with Crippen LogP contribution in [-0.2, 0) is 4.79 Å². The van der Waals surface area contributed by atoms with Gasteiger partial charge in [0.05, 0.1) is 6.04 Å². The Bertz CT molecular complexity index is 432. The van der Waals surface area contributed by atoms with Gasteiger partial charge in [0, 0.05) is 18.9 Å². The fourth-order valence-corrected chi connectivity index (χ4v) is 2.12. The first-order chi connectivity index (χ1) is 8.59. The molecular weight excluding hydrogens is 236 g/mol. The minimum absolute atomic E-state index is 0.275. The summed E-state index contributed by atoms with van der Waals surface area (Å²) in [6, 6.07) is -1.35. The highest BCUT2D eigenvalue weighted by atomic mass is 16.4. The number of amides is 2. The molecule has 7 heteroatoms. The number of carbonyl (C=O) groups excluding carboxylic acids is 1. The van der Waals surface area contributed by atoms with Gasteiger partial charge in [-0.25, -0.2) is 14.6 Å². The molecule has 1 fully saturated rings. The van der Waals surface area contributed by atoms with Crippen LogP contribution in [0, 0.1) is 0 Å². The Labute approximate surface area is 104 Å². The van der Waals surface area contributed by atoms with Crippen molar-refractivity contribution in [2.24, 2.45) is 0 Å². The number of hydrogen-bond acceptors (Lipinski definition) is 3. The maximum atomic E-state index is 12.0. The van der Waals surface area contributed by atoms with Gasteiger partial charge in [-0.2, -0.15) is 0 Å². The number of carboxylic acids is 1. The van der Waals surface area contributed by atoms with E-state index in [0.29, 0.717) is 18.8 Å². The van der Waals surface area contributed by atoms with Gasteiger partial charge in [0.2, 0.25) is 0 Å². The molecule has 7 nitrogen and oxygen atoms in total. The van der Waals surface area contributed by atoms with E-state index in [0.717, 1.165) is 6.42 Å². The van der Waals surface area contributed by atoms with Crippen molar-refractivity contribution in [3.05, 3.63) is 18.2 Å². The number of carbonyl (C=O) groups is 2. The van der Waals surface area contributed by atoms with Crippen LogP contribution in [0.2, 0.25) is 0 Å². The lowest BCUT2D eigenvalue weighted by molar-refractivity contribution is -0.141. The van der Waals surface area contributed by atoms with Crippen LogP contribution in [-0.4, -0.2) is 44.6 Å². The first kappa shape index (κ1) is 12.4. The first-order valence-electron chi connectivity index (χ1n) is 5.89. The zero-order valence-corrected chi connectivity index (χ0v) is 10.1. The fraction of sp³-hybridized carbons (Fsp3) is 0.545. The molecule has 0 spiro atoms. The van der Waals surface area contributed by atoms with Gasteiger partial charge in [-0.05, 0) is 19.8 Å². The second kappa shape index (κ2) is 5.07. The van der Waals surface area contributed by atoms with E-state index in [2.05, 4.69) is 15.3 Å². The molecule has 0 aliphatic carbocycles. The number of likely N-dealkylation sites (tertiary alicyclic amines) is 1. The van der Waals surface area contributed by atoms with Crippen molar-refractivity contribution in [2.75, 3.05) is 6.54 Å². The maximum absolute atomic E-state index is 12.0. The molecule has 3 N–H and O–H groups in total. The number of hydrogen-bond donors (Lipinski definition) is 3. The average molecular weight is 252 g/mol. The topological polar surface area (TPSA) is 98.3 Å². The number of imidazole rings is 1. The van der Waals surface area contributed by atoms with Gasteiger partial charge in [0.15, 0.2) is 0 Å². The smallest absolute Gasteiger partial charge is 0.326 e. The Balaban J connectivity index is 1.97. The molecule has 1 aromatic rings. The minimum atomic E-state index is -0.951. The van der Waals surface area contributed by atoms with Crippen LogP contribution in [0.1, 0.15) is 31.6 Å². The Hall–Kier alpha value is -2.05. The number of carboxylic acid groups (broad SMARTS) is 1. The monoisotopic (exact) mass is 252 g/mol. The number of urea groups is 1. The molecule has 0 saturated carbocycles. The zero-order valence-electron chi connectivity index (χ0n) is 10.1. The highest BCUT2D eigenvalue weighted by Crippen LogP contribution is 2.18. The Kier molecular flexibility index (Phi) is 3.50. The van der Waals surface area contributed by atoms with Crippen molar-refractivity contribution >= 4 is 12.0 Å². The number of nitrogens with one attached hydrogen (secondary N) is 2. The molecule has 1 aliphatic rings. The standard InChI is InChI=1S/C11H16N4O3/c1-7(9-12-4-5-13-9)14-11(18)15-6-2-3-8(15)10(16)17/h4-5,7-8H,2-3,6H2,1H3,(H,12,13)(H,14,18)(H,16,17)/t7?,8-/m1/s1. The third-order valence-corrected chi connectivity index (χ3v) is 3.07. The normalized spacial score (nSPS) is 20.7. The molecule has 98 valence electrons. The quantitative estimate of drug-likeness (QED) is 0.738. The number of nitrogens with zero attached hydrogens (tertiary/aromatic N) is 2. The molecule has 0 aromatic carbocycles. The van der Waals surface area contributed by atoms with E-state index >= 15 is 0 Å². The SMILES string of the molecule is CC(NC(=O)N1CCC[C@@H]1C(=O)O)c1ncc[nH]1. The summed E-state index contributed by atoms with van der Waals surface area (Å²) in [4.78, 5) is 31.3. The van der Waals surface area contributed by atoms with Crippen LogP contribution in [0.5, 0.6) is 0 Å². The summed E-state index contributed by atoms with van der Waals surface area (Å²) in [6.07, 6.45) is 4.51. The Morgan fingerprint density at radius 1 is 1.67 bits per heavy atom. The second-order valence-electron chi connectivity index (χ2n) is 4.34. The van der Waals surface area contributed by atoms with Crippen LogP contribution >= 0.6 is 0 Å². The number of aliphatic carboxylic acids is 1.